The van der Waals surface area contributed by atoms with E-state index in [1.54, 1.807) is 26.0 Å². The minimum Gasteiger partial charge on any atom is -0.454 e. The number of nitrogens with zero attached hydrogens (tertiary/aromatic N) is 1. The number of carbonyl (C=O) groups excluding carboxylic acids is 4. The van der Waals surface area contributed by atoms with Crippen LogP contribution in [-0.4, -0.2) is 41.2 Å². The van der Waals surface area contributed by atoms with Gasteiger partial charge in [0.25, 0.3) is 5.91 Å². The Kier molecular flexibility index (Phi) is 5.86. The van der Waals surface area contributed by atoms with Crippen molar-refractivity contribution in [1.29, 1.82) is 0 Å². The molecule has 2 saturated carbocycles. The highest BCUT2D eigenvalue weighted by atomic mass is 16.5. The summed E-state index contributed by atoms with van der Waals surface area (Å²) in [6, 6.07) is 6.44. The molecule has 2 aliphatic carbocycles. The maximum atomic E-state index is 13.1. The fraction of sp³-hybridized carbons (Fsp3) is 0.583. The Labute approximate surface area is 182 Å². The van der Waals surface area contributed by atoms with Crippen LogP contribution in [0.4, 0.5) is 5.69 Å². The highest BCUT2D eigenvalue weighted by Gasteiger charge is 2.62. The van der Waals surface area contributed by atoms with E-state index in [2.05, 4.69) is 5.32 Å². The minimum atomic E-state index is -0.998. The molecular weight excluding hydrogens is 396 g/mol. The molecule has 3 aliphatic rings. The molecule has 1 N–H and O–H groups in total. The standard InChI is InChI=1S/C24H30N2O5/c1-4-14-5-9-17(10-6-14)25-18(27)12-31-24(30)21(13(2)3)26-22(28)19-15-7-8-16(11-15)20(19)23(26)29/h5-6,9-10,13,15-16,19-21H,4,7-8,11-12H2,1-3H3,(H,25,27)/t15-,16-,19-,20+,21+/m0/s1. The van der Waals surface area contributed by atoms with Crippen LogP contribution in [0.25, 0.3) is 0 Å². The molecule has 2 bridgehead atoms. The van der Waals surface area contributed by atoms with Gasteiger partial charge in [0.15, 0.2) is 6.61 Å². The largest absolute Gasteiger partial charge is 0.454 e. The zero-order valence-electron chi connectivity index (χ0n) is 18.3. The summed E-state index contributed by atoms with van der Waals surface area (Å²) in [6.07, 6.45) is 3.81. The Hall–Kier alpha value is -2.70. The van der Waals surface area contributed by atoms with Crippen LogP contribution in [0.2, 0.25) is 0 Å². The maximum Gasteiger partial charge on any atom is 0.330 e. The van der Waals surface area contributed by atoms with Gasteiger partial charge in [0, 0.05) is 5.69 Å². The van der Waals surface area contributed by atoms with Crippen molar-refractivity contribution in [2.45, 2.75) is 52.5 Å². The number of fused-ring (bicyclic) bond motifs is 5. The number of aryl methyl sites for hydroxylation is 1. The molecular formula is C24H30N2O5. The monoisotopic (exact) mass is 426 g/mol. The van der Waals surface area contributed by atoms with E-state index < -0.39 is 24.5 Å². The fourth-order valence-electron chi connectivity index (χ4n) is 5.62. The van der Waals surface area contributed by atoms with E-state index in [-0.39, 0.29) is 41.4 Å². The van der Waals surface area contributed by atoms with Crippen LogP contribution >= 0.6 is 0 Å². The molecule has 7 heteroatoms. The molecule has 0 aromatic heterocycles. The van der Waals surface area contributed by atoms with Crippen LogP contribution in [0, 0.1) is 29.6 Å². The first-order chi connectivity index (χ1) is 14.8. The van der Waals surface area contributed by atoms with Crippen molar-refractivity contribution in [3.63, 3.8) is 0 Å². The third-order valence-electron chi connectivity index (χ3n) is 7.10. The summed E-state index contributed by atoms with van der Waals surface area (Å²) in [7, 11) is 0. The number of rotatable bonds is 7. The number of benzene rings is 1. The van der Waals surface area contributed by atoms with Crippen molar-refractivity contribution in [2.24, 2.45) is 29.6 Å². The number of carbonyl (C=O) groups is 4. The van der Waals surface area contributed by atoms with Gasteiger partial charge >= 0.3 is 5.97 Å². The Morgan fingerprint density at radius 3 is 2.16 bits per heavy atom. The molecule has 0 radical (unpaired) electrons. The lowest BCUT2D eigenvalue weighted by molar-refractivity contribution is -0.162. The van der Waals surface area contributed by atoms with Crippen molar-refractivity contribution in [2.75, 3.05) is 11.9 Å². The molecule has 1 aliphatic heterocycles. The highest BCUT2D eigenvalue weighted by Crippen LogP contribution is 2.56. The van der Waals surface area contributed by atoms with Crippen LogP contribution in [-0.2, 0) is 30.3 Å². The third kappa shape index (κ3) is 3.86. The number of hydrogen-bond donors (Lipinski definition) is 1. The first kappa shape index (κ1) is 21.5. The van der Waals surface area contributed by atoms with Crippen molar-refractivity contribution in [1.82, 2.24) is 4.90 Å². The van der Waals surface area contributed by atoms with E-state index >= 15 is 0 Å². The summed E-state index contributed by atoms with van der Waals surface area (Å²) in [5.41, 5.74) is 1.77. The van der Waals surface area contributed by atoms with Gasteiger partial charge in [0.05, 0.1) is 11.8 Å². The van der Waals surface area contributed by atoms with Gasteiger partial charge < -0.3 is 10.1 Å². The number of imide groups is 1. The summed E-state index contributed by atoms with van der Waals surface area (Å²) in [4.78, 5) is 52.4. The number of anilines is 1. The molecule has 1 saturated heterocycles. The average Bonchev–Trinajstić information content (AvgIpc) is 3.42. The fourth-order valence-corrected chi connectivity index (χ4v) is 5.62. The normalized spacial score (nSPS) is 27.5. The van der Waals surface area contributed by atoms with Gasteiger partial charge in [-0.1, -0.05) is 32.9 Å². The van der Waals surface area contributed by atoms with Crippen molar-refractivity contribution in [3.8, 4) is 0 Å². The topological polar surface area (TPSA) is 92.8 Å². The summed E-state index contributed by atoms with van der Waals surface area (Å²) >= 11 is 0. The molecule has 3 amide bonds. The molecule has 166 valence electrons. The Morgan fingerprint density at radius 2 is 1.65 bits per heavy atom. The lowest BCUT2D eigenvalue weighted by atomic mass is 9.81. The summed E-state index contributed by atoms with van der Waals surface area (Å²) in [5.74, 6) is -2.01. The second-order valence-electron chi connectivity index (χ2n) is 9.33. The molecule has 0 spiro atoms. The lowest BCUT2D eigenvalue weighted by Crippen LogP contribution is -2.50. The zero-order valence-corrected chi connectivity index (χ0v) is 18.3. The number of esters is 1. The maximum absolute atomic E-state index is 13.1. The van der Waals surface area contributed by atoms with Gasteiger partial charge in [-0.05, 0) is 61.1 Å². The number of nitrogens with one attached hydrogen (secondary N) is 1. The summed E-state index contributed by atoms with van der Waals surface area (Å²) in [6.45, 7) is 5.15. The van der Waals surface area contributed by atoms with Crippen LogP contribution in [0.15, 0.2) is 24.3 Å². The Balaban J connectivity index is 1.39. The lowest BCUT2D eigenvalue weighted by Gasteiger charge is -2.28. The van der Waals surface area contributed by atoms with Crippen molar-refractivity contribution < 1.29 is 23.9 Å². The Bertz CT molecular complexity index is 866. The quantitative estimate of drug-likeness (QED) is 0.535. The van der Waals surface area contributed by atoms with E-state index in [0.717, 1.165) is 36.1 Å². The van der Waals surface area contributed by atoms with Gasteiger partial charge in [-0.2, -0.15) is 0 Å². The van der Waals surface area contributed by atoms with Crippen LogP contribution in [0.1, 0.15) is 45.6 Å². The Morgan fingerprint density at radius 1 is 1.06 bits per heavy atom. The molecule has 1 aromatic carbocycles. The van der Waals surface area contributed by atoms with Gasteiger partial charge in [0.1, 0.15) is 6.04 Å². The smallest absolute Gasteiger partial charge is 0.330 e. The summed E-state index contributed by atoms with van der Waals surface area (Å²) < 4.78 is 5.25. The van der Waals surface area contributed by atoms with Gasteiger partial charge in [-0.3, -0.25) is 19.3 Å². The van der Waals surface area contributed by atoms with E-state index in [1.165, 1.54) is 0 Å². The molecule has 3 fully saturated rings. The first-order valence-corrected chi connectivity index (χ1v) is 11.2. The van der Waals surface area contributed by atoms with Gasteiger partial charge in [-0.25, -0.2) is 4.79 Å². The first-order valence-electron chi connectivity index (χ1n) is 11.2. The predicted octanol–water partition coefficient (Wildman–Crippen LogP) is 2.79. The molecule has 7 nitrogen and oxygen atoms in total. The molecule has 0 unspecified atom stereocenters. The molecule has 31 heavy (non-hydrogen) atoms. The van der Waals surface area contributed by atoms with E-state index in [9.17, 15) is 19.2 Å². The zero-order chi connectivity index (χ0) is 22.3. The number of amides is 3. The average molecular weight is 427 g/mol. The van der Waals surface area contributed by atoms with Crippen molar-refractivity contribution >= 4 is 29.4 Å². The number of hydrogen-bond acceptors (Lipinski definition) is 5. The SMILES string of the molecule is CCc1ccc(NC(=O)COC(=O)[C@@H](C(C)C)N2C(=O)[C@@H]3[C@H]4CC[C@@H](C4)[C@@H]3C2=O)cc1. The second kappa shape index (κ2) is 8.44. The van der Waals surface area contributed by atoms with Gasteiger partial charge in [-0.15, -0.1) is 0 Å². The third-order valence-corrected chi connectivity index (χ3v) is 7.10. The molecule has 1 heterocycles. The number of ether oxygens (including phenoxy) is 1. The predicted molar refractivity (Wildman–Crippen MR) is 114 cm³/mol. The van der Waals surface area contributed by atoms with Crippen LogP contribution in [0.5, 0.6) is 0 Å². The van der Waals surface area contributed by atoms with Crippen LogP contribution < -0.4 is 5.32 Å². The van der Waals surface area contributed by atoms with E-state index in [4.69, 9.17) is 4.74 Å². The highest BCUT2D eigenvalue weighted by molar-refractivity contribution is 6.08. The van der Waals surface area contributed by atoms with E-state index in [0.29, 0.717) is 5.69 Å². The van der Waals surface area contributed by atoms with Gasteiger partial charge in [0.2, 0.25) is 11.8 Å². The summed E-state index contributed by atoms with van der Waals surface area (Å²) in [5, 5.41) is 2.69. The van der Waals surface area contributed by atoms with E-state index in [1.807, 2.05) is 19.1 Å². The molecule has 4 rings (SSSR count). The number of likely N-dealkylation sites (tertiary alicyclic amines) is 1. The minimum absolute atomic E-state index is 0.238. The van der Waals surface area contributed by atoms with Crippen LogP contribution in [0.3, 0.4) is 0 Å². The molecule has 5 atom stereocenters. The second-order valence-corrected chi connectivity index (χ2v) is 9.33. The van der Waals surface area contributed by atoms with Crippen molar-refractivity contribution in [3.05, 3.63) is 29.8 Å². The molecule has 1 aromatic rings.